The molecule has 6 heteroatoms. The lowest BCUT2D eigenvalue weighted by atomic mass is 10.4. The summed E-state index contributed by atoms with van der Waals surface area (Å²) in [5.74, 6) is 0.862. The highest BCUT2D eigenvalue weighted by Crippen LogP contribution is 2.15. The first-order valence-electron chi connectivity index (χ1n) is 7.40. The first-order chi connectivity index (χ1) is 10.3. The largest absolute Gasteiger partial charge is 0.382 e. The molecule has 120 valence electrons. The Morgan fingerprint density at radius 3 is 2.76 bits per heavy atom. The number of guanidine groups is 1. The fourth-order valence-corrected chi connectivity index (χ4v) is 2.51. The number of methoxy groups -OCH3 is 1. The average Bonchev–Trinajstić information content (AvgIpc) is 2.89. The van der Waals surface area contributed by atoms with E-state index in [1.807, 2.05) is 0 Å². The predicted octanol–water partition coefficient (Wildman–Crippen LogP) is 2.16. The summed E-state index contributed by atoms with van der Waals surface area (Å²) >= 11 is 1.79. The molecule has 0 aliphatic heterocycles. The minimum absolute atomic E-state index is 0.651. The maximum Gasteiger partial charge on any atom is 0.191 e. The van der Waals surface area contributed by atoms with Crippen molar-refractivity contribution in [3.63, 3.8) is 0 Å². The zero-order valence-corrected chi connectivity index (χ0v) is 14.1. The van der Waals surface area contributed by atoms with Gasteiger partial charge in [0, 0.05) is 36.6 Å². The molecule has 0 aliphatic carbocycles. The van der Waals surface area contributed by atoms with Crippen molar-refractivity contribution >= 4 is 17.3 Å². The summed E-state index contributed by atoms with van der Waals surface area (Å²) in [6.07, 6.45) is 0.951. The van der Waals surface area contributed by atoms with Crippen molar-refractivity contribution in [3.05, 3.63) is 21.9 Å². The molecule has 1 rings (SSSR count). The number of hydrogen-bond donors (Lipinski definition) is 2. The van der Waals surface area contributed by atoms with Gasteiger partial charge in [-0.3, -0.25) is 0 Å². The highest BCUT2D eigenvalue weighted by molar-refractivity contribution is 7.11. The molecule has 0 saturated heterocycles. The third-order valence-corrected chi connectivity index (χ3v) is 3.71. The summed E-state index contributed by atoms with van der Waals surface area (Å²) in [7, 11) is 1.68. The van der Waals surface area contributed by atoms with Gasteiger partial charge < -0.3 is 20.1 Å². The minimum Gasteiger partial charge on any atom is -0.382 e. The predicted molar refractivity (Wildman–Crippen MR) is 89.2 cm³/mol. The van der Waals surface area contributed by atoms with Crippen molar-refractivity contribution in [2.24, 2.45) is 4.99 Å². The molecular formula is C15H27N3O2S. The van der Waals surface area contributed by atoms with Gasteiger partial charge >= 0.3 is 0 Å². The number of hydrogen-bond acceptors (Lipinski definition) is 4. The molecule has 0 unspecified atom stereocenters. The molecule has 0 radical (unpaired) electrons. The number of rotatable bonds is 10. The molecule has 0 fully saturated rings. The van der Waals surface area contributed by atoms with Gasteiger partial charge in [0.15, 0.2) is 5.96 Å². The van der Waals surface area contributed by atoms with Crippen molar-refractivity contribution < 1.29 is 9.47 Å². The van der Waals surface area contributed by atoms with Crippen LogP contribution in [0.15, 0.2) is 17.1 Å². The summed E-state index contributed by atoms with van der Waals surface area (Å²) in [5, 5.41) is 6.57. The van der Waals surface area contributed by atoms with Crippen LogP contribution in [0.5, 0.6) is 0 Å². The average molecular weight is 313 g/mol. The van der Waals surface area contributed by atoms with Gasteiger partial charge in [0.2, 0.25) is 0 Å². The second-order valence-electron chi connectivity index (χ2n) is 4.59. The van der Waals surface area contributed by atoms with Gasteiger partial charge in [-0.05, 0) is 32.4 Å². The van der Waals surface area contributed by atoms with Gasteiger partial charge in [-0.25, -0.2) is 4.99 Å². The van der Waals surface area contributed by atoms with E-state index in [2.05, 4.69) is 41.6 Å². The van der Waals surface area contributed by atoms with E-state index in [4.69, 9.17) is 9.47 Å². The Hall–Kier alpha value is -1.11. The van der Waals surface area contributed by atoms with E-state index < -0.39 is 0 Å². The maximum absolute atomic E-state index is 5.42. The molecule has 0 bridgehead atoms. The molecule has 0 spiro atoms. The first kappa shape index (κ1) is 17.9. The zero-order valence-electron chi connectivity index (χ0n) is 13.3. The summed E-state index contributed by atoms with van der Waals surface area (Å²) in [6.45, 7) is 8.66. The van der Waals surface area contributed by atoms with Crippen LogP contribution in [0.25, 0.3) is 0 Å². The molecule has 1 aromatic heterocycles. The number of nitrogens with one attached hydrogen (secondary N) is 2. The number of thiophene rings is 1. The number of nitrogens with zero attached hydrogens (tertiary/aromatic N) is 1. The molecule has 0 amide bonds. The van der Waals surface area contributed by atoms with Crippen LogP contribution in [0.3, 0.4) is 0 Å². The Morgan fingerprint density at radius 2 is 2.10 bits per heavy atom. The van der Waals surface area contributed by atoms with E-state index in [9.17, 15) is 0 Å². The van der Waals surface area contributed by atoms with Gasteiger partial charge in [-0.15, -0.1) is 11.3 Å². The van der Waals surface area contributed by atoms with Crippen LogP contribution < -0.4 is 10.6 Å². The van der Waals surface area contributed by atoms with Crippen LogP contribution in [-0.4, -0.2) is 46.0 Å². The summed E-state index contributed by atoms with van der Waals surface area (Å²) in [4.78, 5) is 7.20. The lowest BCUT2D eigenvalue weighted by Crippen LogP contribution is -2.38. The molecule has 0 saturated carbocycles. The normalized spacial score (nSPS) is 11.7. The highest BCUT2D eigenvalue weighted by atomic mass is 32.1. The zero-order chi connectivity index (χ0) is 15.3. The second-order valence-corrected chi connectivity index (χ2v) is 5.97. The molecule has 1 aromatic rings. The minimum atomic E-state index is 0.651. The van der Waals surface area contributed by atoms with E-state index in [0.717, 1.165) is 38.6 Å². The SMILES string of the molecule is CCNC(=NCc1ccc(C)s1)NCCCOCCOC. The van der Waals surface area contributed by atoms with Crippen molar-refractivity contribution in [1.82, 2.24) is 10.6 Å². The lowest BCUT2D eigenvalue weighted by molar-refractivity contribution is 0.0698. The van der Waals surface area contributed by atoms with Gasteiger partial charge in [0.1, 0.15) is 0 Å². The molecule has 5 nitrogen and oxygen atoms in total. The Balaban J connectivity index is 2.22. The number of ether oxygens (including phenoxy) is 2. The van der Waals surface area contributed by atoms with Crippen LogP contribution in [0, 0.1) is 6.92 Å². The van der Waals surface area contributed by atoms with Gasteiger partial charge in [0.25, 0.3) is 0 Å². The van der Waals surface area contributed by atoms with E-state index >= 15 is 0 Å². The van der Waals surface area contributed by atoms with E-state index in [-0.39, 0.29) is 0 Å². The Labute approximate surface area is 131 Å². The van der Waals surface area contributed by atoms with Crippen LogP contribution >= 0.6 is 11.3 Å². The molecule has 0 aromatic carbocycles. The summed E-state index contributed by atoms with van der Waals surface area (Å²) in [5.41, 5.74) is 0. The van der Waals surface area contributed by atoms with Crippen LogP contribution in [0.2, 0.25) is 0 Å². The van der Waals surface area contributed by atoms with Crippen LogP contribution in [0.1, 0.15) is 23.1 Å². The van der Waals surface area contributed by atoms with Crippen molar-refractivity contribution in [3.8, 4) is 0 Å². The Kier molecular flexibility index (Phi) is 9.86. The van der Waals surface area contributed by atoms with Crippen LogP contribution in [-0.2, 0) is 16.0 Å². The molecule has 0 aliphatic rings. The van der Waals surface area contributed by atoms with Gasteiger partial charge in [-0.2, -0.15) is 0 Å². The quantitative estimate of drug-likeness (QED) is 0.395. The first-order valence-corrected chi connectivity index (χ1v) is 8.22. The second kappa shape index (κ2) is 11.5. The standard InChI is InChI=1S/C15H27N3O2S/c1-4-16-15(17-8-5-9-20-11-10-19-3)18-12-14-7-6-13(2)21-14/h6-7H,4-5,8-12H2,1-3H3,(H2,16,17,18). The van der Waals surface area contributed by atoms with Crippen molar-refractivity contribution in [2.75, 3.05) is 40.0 Å². The Morgan fingerprint density at radius 1 is 1.24 bits per heavy atom. The highest BCUT2D eigenvalue weighted by Gasteiger charge is 1.99. The summed E-state index contributed by atoms with van der Waals surface area (Å²) < 4.78 is 10.3. The van der Waals surface area contributed by atoms with Gasteiger partial charge in [0.05, 0.1) is 19.8 Å². The maximum atomic E-state index is 5.42. The fourth-order valence-electron chi connectivity index (χ4n) is 1.69. The monoisotopic (exact) mass is 313 g/mol. The smallest absolute Gasteiger partial charge is 0.191 e. The Bertz CT molecular complexity index is 407. The van der Waals surface area contributed by atoms with E-state index in [1.165, 1.54) is 9.75 Å². The topological polar surface area (TPSA) is 54.9 Å². The van der Waals surface area contributed by atoms with Gasteiger partial charge in [-0.1, -0.05) is 0 Å². The molecule has 0 atom stereocenters. The molecular weight excluding hydrogens is 286 g/mol. The molecule has 21 heavy (non-hydrogen) atoms. The van der Waals surface area contributed by atoms with Crippen molar-refractivity contribution in [1.29, 1.82) is 0 Å². The lowest BCUT2D eigenvalue weighted by Gasteiger charge is -2.11. The van der Waals surface area contributed by atoms with Crippen molar-refractivity contribution in [2.45, 2.75) is 26.8 Å². The third kappa shape index (κ3) is 8.70. The van der Waals surface area contributed by atoms with E-state index in [0.29, 0.717) is 13.2 Å². The number of aliphatic imine (C=N–C) groups is 1. The van der Waals surface area contributed by atoms with E-state index in [1.54, 1.807) is 18.4 Å². The fraction of sp³-hybridized carbons (Fsp3) is 0.667. The summed E-state index contributed by atoms with van der Waals surface area (Å²) in [6, 6.07) is 4.27. The van der Waals surface area contributed by atoms with Crippen LogP contribution in [0.4, 0.5) is 0 Å². The number of aryl methyl sites for hydroxylation is 1. The molecule has 2 N–H and O–H groups in total. The third-order valence-electron chi connectivity index (χ3n) is 2.72. The molecule has 1 heterocycles.